The smallest absolute Gasteiger partial charge is 0.329 e. The lowest BCUT2D eigenvalue weighted by molar-refractivity contribution is -0.145. The van der Waals surface area contributed by atoms with E-state index in [2.05, 4.69) is 5.32 Å². The molecule has 142 valence electrons. The maximum atomic E-state index is 12.6. The van der Waals surface area contributed by atoms with Gasteiger partial charge < -0.3 is 10.4 Å². The van der Waals surface area contributed by atoms with Gasteiger partial charge in [-0.05, 0) is 49.9 Å². The fraction of sp³-hybridized carbons (Fsp3) is 0.579. The van der Waals surface area contributed by atoms with E-state index in [0.29, 0.717) is 25.7 Å². The van der Waals surface area contributed by atoms with Gasteiger partial charge in [0, 0.05) is 5.56 Å². The Labute approximate surface area is 153 Å². The molecule has 0 bridgehead atoms. The molecule has 3 rings (SSSR count). The Balaban J connectivity index is 1.75. The molecule has 2 aliphatic carbocycles. The number of sulfone groups is 1. The number of nitrogens with one attached hydrogen (secondary N) is 1. The maximum absolute atomic E-state index is 12.6. The second-order valence-electron chi connectivity index (χ2n) is 7.38. The van der Waals surface area contributed by atoms with E-state index in [4.69, 9.17) is 0 Å². The fourth-order valence-corrected chi connectivity index (χ4v) is 5.88. The Kier molecular flexibility index (Phi) is 5.37. The van der Waals surface area contributed by atoms with Crippen molar-refractivity contribution < 1.29 is 23.1 Å². The van der Waals surface area contributed by atoms with Crippen molar-refractivity contribution in [1.82, 2.24) is 5.32 Å². The minimum atomic E-state index is -3.36. The fourth-order valence-electron chi connectivity index (χ4n) is 4.02. The van der Waals surface area contributed by atoms with Gasteiger partial charge in [0.1, 0.15) is 5.54 Å². The number of carbonyl (C=O) groups is 2. The largest absolute Gasteiger partial charge is 0.480 e. The van der Waals surface area contributed by atoms with Gasteiger partial charge in [-0.1, -0.05) is 32.1 Å². The minimum absolute atomic E-state index is 0.228. The molecule has 1 aromatic rings. The van der Waals surface area contributed by atoms with Crippen LogP contribution in [0.1, 0.15) is 68.1 Å². The van der Waals surface area contributed by atoms with E-state index < -0.39 is 27.3 Å². The monoisotopic (exact) mass is 379 g/mol. The van der Waals surface area contributed by atoms with Gasteiger partial charge in [0.15, 0.2) is 9.84 Å². The molecule has 0 heterocycles. The molecule has 26 heavy (non-hydrogen) atoms. The number of hydrogen-bond acceptors (Lipinski definition) is 4. The zero-order valence-corrected chi connectivity index (χ0v) is 15.6. The van der Waals surface area contributed by atoms with Crippen LogP contribution in [0.3, 0.4) is 0 Å². The van der Waals surface area contributed by atoms with Gasteiger partial charge >= 0.3 is 5.97 Å². The SMILES string of the molecule is O=C(NC1(C(=O)O)CCCCC1)c1ccc(S(=O)(=O)C2CCCC2)cc1. The van der Waals surface area contributed by atoms with Crippen LogP contribution in [0, 0.1) is 0 Å². The number of carbonyl (C=O) groups excluding carboxylic acids is 1. The summed E-state index contributed by atoms with van der Waals surface area (Å²) in [6, 6.07) is 5.85. The molecule has 2 aliphatic rings. The third-order valence-corrected chi connectivity index (χ3v) is 7.93. The van der Waals surface area contributed by atoms with Crippen LogP contribution in [-0.4, -0.2) is 36.2 Å². The van der Waals surface area contributed by atoms with Crippen molar-refractivity contribution in [3.05, 3.63) is 29.8 Å². The molecule has 0 atom stereocenters. The standard InChI is InChI=1S/C19H25NO5S/c21-17(20-19(18(22)23)12-4-1-5-13-19)14-8-10-16(11-9-14)26(24,25)15-6-2-3-7-15/h8-11,15H,1-7,12-13H2,(H,20,21)(H,22,23). The second-order valence-corrected chi connectivity index (χ2v) is 9.61. The van der Waals surface area contributed by atoms with Crippen molar-refractivity contribution in [3.8, 4) is 0 Å². The summed E-state index contributed by atoms with van der Waals surface area (Å²) in [6.45, 7) is 0. The molecule has 0 aromatic heterocycles. The molecule has 1 aromatic carbocycles. The van der Waals surface area contributed by atoms with Crippen LogP contribution < -0.4 is 5.32 Å². The molecule has 0 radical (unpaired) electrons. The Morgan fingerprint density at radius 2 is 1.54 bits per heavy atom. The lowest BCUT2D eigenvalue weighted by Crippen LogP contribution is -2.55. The average Bonchev–Trinajstić information content (AvgIpc) is 3.18. The molecule has 7 heteroatoms. The van der Waals surface area contributed by atoms with Crippen LogP contribution in [0.2, 0.25) is 0 Å². The lowest BCUT2D eigenvalue weighted by atomic mass is 9.81. The number of aliphatic carboxylic acids is 1. The summed E-state index contributed by atoms with van der Waals surface area (Å²) in [4.78, 5) is 24.4. The first-order valence-corrected chi connectivity index (χ1v) is 10.8. The van der Waals surface area contributed by atoms with Gasteiger partial charge in [-0.2, -0.15) is 0 Å². The summed E-state index contributed by atoms with van der Waals surface area (Å²) in [6.07, 6.45) is 6.58. The van der Waals surface area contributed by atoms with Gasteiger partial charge in [-0.3, -0.25) is 4.79 Å². The highest BCUT2D eigenvalue weighted by atomic mass is 32.2. The van der Waals surface area contributed by atoms with Crippen molar-refractivity contribution in [2.75, 3.05) is 0 Å². The number of amides is 1. The van der Waals surface area contributed by atoms with Gasteiger partial charge in [0.2, 0.25) is 0 Å². The Bertz CT molecular complexity index is 773. The van der Waals surface area contributed by atoms with Crippen LogP contribution in [0.25, 0.3) is 0 Å². The van der Waals surface area contributed by atoms with E-state index in [1.54, 1.807) is 0 Å². The Morgan fingerprint density at radius 1 is 0.962 bits per heavy atom. The van der Waals surface area contributed by atoms with Crippen molar-refractivity contribution in [2.45, 2.75) is 73.5 Å². The molecule has 6 nitrogen and oxygen atoms in total. The van der Waals surface area contributed by atoms with Crippen LogP contribution in [0.4, 0.5) is 0 Å². The third kappa shape index (κ3) is 3.63. The highest BCUT2D eigenvalue weighted by Gasteiger charge is 2.41. The normalized spacial score (nSPS) is 20.6. The quantitative estimate of drug-likeness (QED) is 0.819. The molecule has 2 N–H and O–H groups in total. The van der Waals surface area contributed by atoms with E-state index in [-0.39, 0.29) is 15.7 Å². The predicted octanol–water partition coefficient (Wildman–Crippen LogP) is 2.92. The number of carboxylic acids is 1. The van der Waals surface area contributed by atoms with Crippen molar-refractivity contribution in [2.24, 2.45) is 0 Å². The maximum Gasteiger partial charge on any atom is 0.329 e. The average molecular weight is 379 g/mol. The Hall–Kier alpha value is -1.89. The highest BCUT2D eigenvalue weighted by molar-refractivity contribution is 7.92. The molecule has 0 saturated heterocycles. The Morgan fingerprint density at radius 3 is 2.08 bits per heavy atom. The van der Waals surface area contributed by atoms with Gasteiger partial charge in [0.05, 0.1) is 10.1 Å². The molecule has 1 amide bonds. The third-order valence-electron chi connectivity index (χ3n) is 5.66. The van der Waals surface area contributed by atoms with E-state index in [9.17, 15) is 23.1 Å². The van der Waals surface area contributed by atoms with E-state index in [0.717, 1.165) is 32.1 Å². The number of rotatable bonds is 5. The summed E-state index contributed by atoms with van der Waals surface area (Å²) in [5, 5.41) is 11.9. The van der Waals surface area contributed by atoms with Gasteiger partial charge in [0.25, 0.3) is 5.91 Å². The summed E-state index contributed by atoms with van der Waals surface area (Å²) in [5.41, 5.74) is -0.939. The van der Waals surface area contributed by atoms with Gasteiger partial charge in [-0.15, -0.1) is 0 Å². The summed E-state index contributed by atoms with van der Waals surface area (Å²) in [5.74, 6) is -1.48. The lowest BCUT2D eigenvalue weighted by Gasteiger charge is -2.34. The number of hydrogen-bond donors (Lipinski definition) is 2. The summed E-state index contributed by atoms with van der Waals surface area (Å²) >= 11 is 0. The van der Waals surface area contributed by atoms with Crippen molar-refractivity contribution in [1.29, 1.82) is 0 Å². The van der Waals surface area contributed by atoms with E-state index in [1.165, 1.54) is 24.3 Å². The first-order chi connectivity index (χ1) is 12.3. The molecule has 0 unspecified atom stereocenters. The zero-order valence-electron chi connectivity index (χ0n) is 14.7. The molecule has 0 aliphatic heterocycles. The first kappa shape index (κ1) is 18.9. The predicted molar refractivity (Wildman–Crippen MR) is 96.8 cm³/mol. The van der Waals surface area contributed by atoms with Crippen LogP contribution in [0.15, 0.2) is 29.2 Å². The van der Waals surface area contributed by atoms with Gasteiger partial charge in [-0.25, -0.2) is 13.2 Å². The highest BCUT2D eigenvalue weighted by Crippen LogP contribution is 2.31. The van der Waals surface area contributed by atoms with Crippen LogP contribution in [-0.2, 0) is 14.6 Å². The first-order valence-electron chi connectivity index (χ1n) is 9.25. The van der Waals surface area contributed by atoms with Crippen LogP contribution in [0.5, 0.6) is 0 Å². The molecule has 2 fully saturated rings. The number of carboxylic acid groups (broad SMARTS) is 1. The summed E-state index contributed by atoms with van der Waals surface area (Å²) < 4.78 is 25.2. The molecular formula is C19H25NO5S. The topological polar surface area (TPSA) is 101 Å². The minimum Gasteiger partial charge on any atom is -0.480 e. The number of benzene rings is 1. The van der Waals surface area contributed by atoms with Crippen LogP contribution >= 0.6 is 0 Å². The molecular weight excluding hydrogens is 354 g/mol. The van der Waals surface area contributed by atoms with Crippen molar-refractivity contribution >= 4 is 21.7 Å². The van der Waals surface area contributed by atoms with E-state index >= 15 is 0 Å². The zero-order chi connectivity index (χ0) is 18.8. The molecule has 0 spiro atoms. The molecule has 2 saturated carbocycles. The second kappa shape index (κ2) is 7.39. The van der Waals surface area contributed by atoms with E-state index in [1.807, 2.05) is 0 Å². The van der Waals surface area contributed by atoms with Crippen molar-refractivity contribution in [3.63, 3.8) is 0 Å². The summed E-state index contributed by atoms with van der Waals surface area (Å²) in [7, 11) is -3.36.